The lowest BCUT2D eigenvalue weighted by molar-refractivity contribution is -0.143. The van der Waals surface area contributed by atoms with E-state index in [4.69, 9.17) is 9.47 Å². The fourth-order valence-electron chi connectivity index (χ4n) is 2.09. The second-order valence-corrected chi connectivity index (χ2v) is 5.28. The average Bonchev–Trinajstić information content (AvgIpc) is 2.58. The van der Waals surface area contributed by atoms with Crippen LogP contribution < -0.4 is 14.8 Å². The summed E-state index contributed by atoms with van der Waals surface area (Å²) in [6.45, 7) is -0.795. The minimum Gasteiger partial charge on any atom is -0.495 e. The first-order valence-corrected chi connectivity index (χ1v) is 7.36. The molecule has 0 saturated heterocycles. The molecule has 0 aromatic heterocycles. The van der Waals surface area contributed by atoms with Gasteiger partial charge in [0.1, 0.15) is 11.5 Å². The average molecular weight is 393 g/mol. The Morgan fingerprint density at radius 1 is 0.963 bits per heavy atom. The van der Waals surface area contributed by atoms with Gasteiger partial charge in [-0.1, -0.05) is 12.1 Å². The molecule has 0 atom stereocenters. The van der Waals surface area contributed by atoms with Crippen molar-refractivity contribution in [1.29, 1.82) is 0 Å². The van der Waals surface area contributed by atoms with Gasteiger partial charge in [-0.05, 0) is 30.3 Å². The van der Waals surface area contributed by atoms with Crippen molar-refractivity contribution in [3.8, 4) is 11.5 Å². The molecule has 2 aromatic carbocycles. The summed E-state index contributed by atoms with van der Waals surface area (Å²) in [6.07, 6.45) is -10.0. The van der Waals surface area contributed by atoms with Gasteiger partial charge in [-0.3, -0.25) is 4.79 Å². The number of rotatable bonds is 5. The minimum absolute atomic E-state index is 0.0260. The highest BCUT2D eigenvalue weighted by Crippen LogP contribution is 2.38. The van der Waals surface area contributed by atoms with Gasteiger partial charge in [-0.2, -0.15) is 26.3 Å². The van der Waals surface area contributed by atoms with Gasteiger partial charge >= 0.3 is 12.4 Å². The Morgan fingerprint density at radius 2 is 1.52 bits per heavy atom. The van der Waals surface area contributed by atoms with Crippen LogP contribution in [-0.4, -0.2) is 19.6 Å². The van der Waals surface area contributed by atoms with Gasteiger partial charge in [0.15, 0.2) is 6.61 Å². The number of para-hydroxylation sites is 2. The molecule has 10 heteroatoms. The van der Waals surface area contributed by atoms with Crippen molar-refractivity contribution in [1.82, 2.24) is 0 Å². The Morgan fingerprint density at radius 3 is 2.04 bits per heavy atom. The standard InChI is InChI=1S/C17H13F6NO3/c1-26-14-5-3-2-4-13(14)24-15(25)9-27-12-7-10(16(18,19)20)6-11(8-12)17(21,22)23/h2-8H,9H2,1H3,(H,24,25). The van der Waals surface area contributed by atoms with Gasteiger partial charge in [0.25, 0.3) is 5.91 Å². The Hall–Kier alpha value is -2.91. The Labute approximate surface area is 149 Å². The van der Waals surface area contributed by atoms with Crippen molar-refractivity contribution in [3.63, 3.8) is 0 Å². The smallest absolute Gasteiger partial charge is 0.416 e. The van der Waals surface area contributed by atoms with Crippen LogP contribution in [0.15, 0.2) is 42.5 Å². The molecule has 27 heavy (non-hydrogen) atoms. The summed E-state index contributed by atoms with van der Waals surface area (Å²) < 4.78 is 86.6. The van der Waals surface area contributed by atoms with Crippen molar-refractivity contribution in [2.75, 3.05) is 19.0 Å². The molecular weight excluding hydrogens is 380 g/mol. The summed E-state index contributed by atoms with van der Waals surface area (Å²) in [5.41, 5.74) is -2.79. The first-order valence-electron chi connectivity index (χ1n) is 7.36. The third-order valence-corrected chi connectivity index (χ3v) is 3.31. The fraction of sp³-hybridized carbons (Fsp3) is 0.235. The largest absolute Gasteiger partial charge is 0.495 e. The van der Waals surface area contributed by atoms with Crippen LogP contribution in [0, 0.1) is 0 Å². The van der Waals surface area contributed by atoms with Crippen LogP contribution in [0.4, 0.5) is 32.0 Å². The maximum absolute atomic E-state index is 12.8. The first-order chi connectivity index (χ1) is 12.5. The van der Waals surface area contributed by atoms with Crippen molar-refractivity contribution < 1.29 is 40.6 Å². The number of carbonyl (C=O) groups is 1. The van der Waals surface area contributed by atoms with Crippen LogP contribution in [0.2, 0.25) is 0 Å². The summed E-state index contributed by atoms with van der Waals surface area (Å²) >= 11 is 0. The maximum atomic E-state index is 12.8. The molecule has 1 N–H and O–H groups in total. The van der Waals surface area contributed by atoms with E-state index in [1.165, 1.54) is 13.2 Å². The van der Waals surface area contributed by atoms with E-state index in [0.29, 0.717) is 17.9 Å². The van der Waals surface area contributed by atoms with Gasteiger partial charge in [0.05, 0.1) is 23.9 Å². The first kappa shape index (κ1) is 20.4. The van der Waals surface area contributed by atoms with Gasteiger partial charge in [0, 0.05) is 0 Å². The van der Waals surface area contributed by atoms with E-state index in [1.807, 2.05) is 0 Å². The molecule has 1 amide bonds. The molecule has 0 bridgehead atoms. The monoisotopic (exact) mass is 393 g/mol. The lowest BCUT2D eigenvalue weighted by atomic mass is 10.1. The Balaban J connectivity index is 2.16. The fourth-order valence-corrected chi connectivity index (χ4v) is 2.09. The van der Waals surface area contributed by atoms with Gasteiger partial charge < -0.3 is 14.8 Å². The second-order valence-electron chi connectivity index (χ2n) is 5.28. The molecule has 0 saturated carbocycles. The van der Waals surface area contributed by atoms with Gasteiger partial charge in [0.2, 0.25) is 0 Å². The van der Waals surface area contributed by atoms with Crippen LogP contribution in [0.1, 0.15) is 11.1 Å². The van der Waals surface area contributed by atoms with E-state index in [2.05, 4.69) is 5.32 Å². The Bertz CT molecular complexity index is 785. The number of benzene rings is 2. The highest BCUT2D eigenvalue weighted by atomic mass is 19.4. The highest BCUT2D eigenvalue weighted by molar-refractivity contribution is 5.93. The number of methoxy groups -OCH3 is 1. The lowest BCUT2D eigenvalue weighted by Gasteiger charge is -2.15. The van der Waals surface area contributed by atoms with E-state index >= 15 is 0 Å². The van der Waals surface area contributed by atoms with Crippen molar-refractivity contribution in [2.45, 2.75) is 12.4 Å². The predicted octanol–water partition coefficient (Wildman–Crippen LogP) is 4.75. The van der Waals surface area contributed by atoms with Crippen LogP contribution in [-0.2, 0) is 17.1 Å². The Kier molecular flexibility index (Phi) is 5.87. The summed E-state index contributed by atoms with van der Waals surface area (Å²) in [5, 5.41) is 2.39. The number of hydrogen-bond acceptors (Lipinski definition) is 3. The van der Waals surface area contributed by atoms with Crippen molar-refractivity contribution in [3.05, 3.63) is 53.6 Å². The SMILES string of the molecule is COc1ccccc1NC(=O)COc1cc(C(F)(F)F)cc(C(F)(F)F)c1. The molecule has 4 nitrogen and oxygen atoms in total. The zero-order valence-electron chi connectivity index (χ0n) is 13.7. The lowest BCUT2D eigenvalue weighted by Crippen LogP contribution is -2.21. The zero-order chi connectivity index (χ0) is 20.2. The number of alkyl halides is 6. The summed E-state index contributed by atoms with van der Waals surface area (Å²) in [6, 6.07) is 7.06. The number of amides is 1. The number of anilines is 1. The molecule has 0 aliphatic rings. The van der Waals surface area contributed by atoms with Crippen LogP contribution >= 0.6 is 0 Å². The van der Waals surface area contributed by atoms with E-state index in [1.54, 1.807) is 18.2 Å². The molecule has 2 rings (SSSR count). The molecular formula is C17H13F6NO3. The number of hydrogen-bond donors (Lipinski definition) is 1. The van der Waals surface area contributed by atoms with E-state index in [0.717, 1.165) is 0 Å². The number of halogens is 6. The highest BCUT2D eigenvalue weighted by Gasteiger charge is 2.37. The van der Waals surface area contributed by atoms with Gasteiger partial charge in [-0.15, -0.1) is 0 Å². The van der Waals surface area contributed by atoms with Crippen molar-refractivity contribution in [2.24, 2.45) is 0 Å². The molecule has 2 aromatic rings. The molecule has 0 aliphatic heterocycles. The minimum atomic E-state index is -5.00. The van der Waals surface area contributed by atoms with Crippen LogP contribution in [0.25, 0.3) is 0 Å². The third kappa shape index (κ3) is 5.53. The number of carbonyl (C=O) groups excluding carboxylic acids is 1. The number of ether oxygens (including phenoxy) is 2. The molecule has 0 unspecified atom stereocenters. The molecule has 0 radical (unpaired) electrons. The van der Waals surface area contributed by atoms with E-state index in [9.17, 15) is 31.1 Å². The third-order valence-electron chi connectivity index (χ3n) is 3.31. The quantitative estimate of drug-likeness (QED) is 0.746. The summed E-state index contributed by atoms with van der Waals surface area (Å²) in [4.78, 5) is 11.9. The molecule has 0 aliphatic carbocycles. The van der Waals surface area contributed by atoms with E-state index < -0.39 is 41.7 Å². The molecule has 146 valence electrons. The van der Waals surface area contributed by atoms with Crippen LogP contribution in [0.3, 0.4) is 0 Å². The molecule has 0 fully saturated rings. The maximum Gasteiger partial charge on any atom is 0.416 e. The molecule has 0 heterocycles. The summed E-state index contributed by atoms with van der Waals surface area (Å²) in [7, 11) is 1.36. The zero-order valence-corrected chi connectivity index (χ0v) is 13.7. The van der Waals surface area contributed by atoms with Gasteiger partial charge in [-0.25, -0.2) is 0 Å². The van der Waals surface area contributed by atoms with Crippen molar-refractivity contribution >= 4 is 11.6 Å². The van der Waals surface area contributed by atoms with Crippen LogP contribution in [0.5, 0.6) is 11.5 Å². The normalized spacial score (nSPS) is 11.8. The second kappa shape index (κ2) is 7.77. The van der Waals surface area contributed by atoms with E-state index in [-0.39, 0.29) is 11.8 Å². The topological polar surface area (TPSA) is 47.6 Å². The molecule has 0 spiro atoms. The number of nitrogens with one attached hydrogen (secondary N) is 1. The predicted molar refractivity (Wildman–Crippen MR) is 83.6 cm³/mol. The summed E-state index contributed by atoms with van der Waals surface area (Å²) in [5.74, 6) is -1.19.